The number of hydrogen-bond donors (Lipinski definition) is 0. The topological polar surface area (TPSA) is 78.9 Å². The average Bonchev–Trinajstić information content (AvgIpc) is 3.27. The average molecular weight is 857 g/mol. The molecule has 0 aromatic rings. The summed E-state index contributed by atoms with van der Waals surface area (Å²) >= 11 is 0. The summed E-state index contributed by atoms with van der Waals surface area (Å²) in [5.41, 5.74) is 0. The van der Waals surface area contributed by atoms with Crippen LogP contribution < -0.4 is 0 Å². The van der Waals surface area contributed by atoms with Crippen LogP contribution in [0.5, 0.6) is 0 Å². The molecular weight excluding hydrogens is 769 g/mol. The fourth-order valence-electron chi connectivity index (χ4n) is 6.31. The van der Waals surface area contributed by atoms with Crippen LogP contribution in [0.4, 0.5) is 0 Å². The second-order valence-corrected chi connectivity index (χ2v) is 15.9. The van der Waals surface area contributed by atoms with Gasteiger partial charge in [-0.1, -0.05) is 239 Å². The van der Waals surface area contributed by atoms with E-state index in [1.165, 1.54) is 64.2 Å². The van der Waals surface area contributed by atoms with Gasteiger partial charge in [-0.25, -0.2) is 0 Å². The summed E-state index contributed by atoms with van der Waals surface area (Å²) in [6.07, 6.45) is 67.4. The summed E-state index contributed by atoms with van der Waals surface area (Å²) in [5, 5.41) is 0. The van der Waals surface area contributed by atoms with E-state index in [0.717, 1.165) is 89.9 Å². The predicted octanol–water partition coefficient (Wildman–Crippen LogP) is 16.1. The minimum atomic E-state index is -0.804. The highest BCUT2D eigenvalue weighted by Gasteiger charge is 2.19. The Morgan fingerprint density at radius 2 is 0.629 bits per heavy atom. The zero-order valence-electron chi connectivity index (χ0n) is 39.6. The van der Waals surface area contributed by atoms with Crippen LogP contribution in [0.25, 0.3) is 0 Å². The van der Waals surface area contributed by atoms with Crippen LogP contribution in [0.2, 0.25) is 0 Å². The van der Waals surface area contributed by atoms with Gasteiger partial charge in [0.2, 0.25) is 0 Å². The second-order valence-electron chi connectivity index (χ2n) is 15.9. The fraction of sp³-hybridized carbons (Fsp3) is 0.589. The molecule has 0 spiro atoms. The normalized spacial score (nSPS) is 13.1. The van der Waals surface area contributed by atoms with Crippen LogP contribution in [-0.4, -0.2) is 37.2 Å². The van der Waals surface area contributed by atoms with Crippen LogP contribution in [-0.2, 0) is 28.6 Å². The Morgan fingerprint density at radius 1 is 0.339 bits per heavy atom. The molecule has 0 fully saturated rings. The van der Waals surface area contributed by atoms with Gasteiger partial charge in [-0.2, -0.15) is 0 Å². The lowest BCUT2D eigenvalue weighted by Crippen LogP contribution is -2.30. The molecule has 6 nitrogen and oxygen atoms in total. The maximum absolute atomic E-state index is 12.8. The molecule has 0 N–H and O–H groups in total. The van der Waals surface area contributed by atoms with E-state index in [0.29, 0.717) is 19.3 Å². The molecule has 1 unspecified atom stereocenters. The predicted molar refractivity (Wildman–Crippen MR) is 265 cm³/mol. The molecule has 0 bridgehead atoms. The molecule has 0 aliphatic carbocycles. The van der Waals surface area contributed by atoms with E-state index in [1.807, 2.05) is 72.9 Å². The van der Waals surface area contributed by atoms with Crippen molar-refractivity contribution in [2.75, 3.05) is 13.2 Å². The molecule has 0 aliphatic rings. The van der Waals surface area contributed by atoms with Crippen molar-refractivity contribution in [1.29, 1.82) is 0 Å². The van der Waals surface area contributed by atoms with Gasteiger partial charge in [0, 0.05) is 19.3 Å². The van der Waals surface area contributed by atoms with Gasteiger partial charge in [-0.3, -0.25) is 14.4 Å². The maximum atomic E-state index is 12.8. The monoisotopic (exact) mass is 857 g/mol. The van der Waals surface area contributed by atoms with Crippen LogP contribution in [0.3, 0.4) is 0 Å². The Balaban J connectivity index is 4.51. The van der Waals surface area contributed by atoms with Crippen molar-refractivity contribution >= 4 is 17.9 Å². The summed E-state index contributed by atoms with van der Waals surface area (Å²) in [7, 11) is 0. The Bertz CT molecular complexity index is 1350. The fourth-order valence-corrected chi connectivity index (χ4v) is 6.31. The number of unbranched alkanes of at least 4 members (excludes halogenated alkanes) is 19. The second kappa shape index (κ2) is 49.5. The molecule has 0 radical (unpaired) electrons. The van der Waals surface area contributed by atoms with Gasteiger partial charge in [0.1, 0.15) is 13.2 Å². The molecule has 0 saturated heterocycles. The van der Waals surface area contributed by atoms with E-state index in [2.05, 4.69) is 69.4 Å². The van der Waals surface area contributed by atoms with Gasteiger partial charge in [0.05, 0.1) is 0 Å². The molecule has 0 saturated carbocycles. The first-order chi connectivity index (χ1) is 30.5. The lowest BCUT2D eigenvalue weighted by Gasteiger charge is -2.18. The van der Waals surface area contributed by atoms with Crippen molar-refractivity contribution in [1.82, 2.24) is 0 Å². The van der Waals surface area contributed by atoms with Crippen LogP contribution in [0, 0.1) is 0 Å². The maximum Gasteiger partial charge on any atom is 0.306 e. The van der Waals surface area contributed by atoms with Crippen LogP contribution in [0.15, 0.2) is 122 Å². The number of hydrogen-bond acceptors (Lipinski definition) is 6. The van der Waals surface area contributed by atoms with E-state index in [9.17, 15) is 14.4 Å². The summed E-state index contributed by atoms with van der Waals surface area (Å²) in [4.78, 5) is 37.9. The van der Waals surface area contributed by atoms with Gasteiger partial charge in [0.25, 0.3) is 0 Å². The third-order valence-corrected chi connectivity index (χ3v) is 9.97. The molecule has 0 heterocycles. The van der Waals surface area contributed by atoms with Crippen molar-refractivity contribution < 1.29 is 28.6 Å². The highest BCUT2D eigenvalue weighted by molar-refractivity contribution is 5.71. The Kier molecular flexibility index (Phi) is 46.1. The smallest absolute Gasteiger partial charge is 0.306 e. The Labute approximate surface area is 380 Å². The standard InChI is InChI=1S/C56H88O6/c1-4-7-10-13-16-19-22-24-26-27-28-29-31-32-34-37-40-43-46-49-55(58)61-52-53(51-60-54(57)48-45-42-39-36-21-18-15-12-9-6-3)62-56(59)50-47-44-41-38-35-33-30-25-23-20-17-14-11-8-5-2/h7-8,10-11,13-14,16-17,19-20,22-24,26-29,31-32,34,53H,4-6,9,12,15,18,21,25,30,33,35-52H2,1-3H3/b10-7-,11-8-,16-13-,17-14-,22-19-,23-20-,26-24-,28-27+,31-29-,34-32-. The van der Waals surface area contributed by atoms with E-state index in [1.54, 1.807) is 0 Å². The molecule has 6 heteroatoms. The number of ether oxygens (including phenoxy) is 3. The van der Waals surface area contributed by atoms with E-state index >= 15 is 0 Å². The number of carbonyl (C=O) groups is 3. The minimum Gasteiger partial charge on any atom is -0.462 e. The first kappa shape index (κ1) is 57.8. The molecule has 0 aromatic heterocycles. The van der Waals surface area contributed by atoms with Gasteiger partial charge in [0.15, 0.2) is 6.10 Å². The van der Waals surface area contributed by atoms with E-state index in [-0.39, 0.29) is 31.1 Å². The molecule has 62 heavy (non-hydrogen) atoms. The first-order valence-electron chi connectivity index (χ1n) is 24.7. The van der Waals surface area contributed by atoms with Gasteiger partial charge in [-0.15, -0.1) is 0 Å². The van der Waals surface area contributed by atoms with Gasteiger partial charge >= 0.3 is 17.9 Å². The van der Waals surface area contributed by atoms with Crippen LogP contribution >= 0.6 is 0 Å². The van der Waals surface area contributed by atoms with Gasteiger partial charge < -0.3 is 14.2 Å². The van der Waals surface area contributed by atoms with Crippen molar-refractivity contribution in [3.8, 4) is 0 Å². The number of carbonyl (C=O) groups excluding carboxylic acids is 3. The Hall–Kier alpha value is -4.19. The largest absolute Gasteiger partial charge is 0.462 e. The summed E-state index contributed by atoms with van der Waals surface area (Å²) in [6, 6.07) is 0. The SMILES string of the molecule is CC\C=C/C=C\C=C/C=C\C=C\C=C/C=C\CCCCCC(=O)OCC(COC(=O)CCCCCCCCCCCC)OC(=O)CCCCCCCCC\C=C/C=C\C=C/CC. The van der Waals surface area contributed by atoms with E-state index < -0.39 is 6.10 Å². The molecule has 1 atom stereocenters. The zero-order chi connectivity index (χ0) is 45.1. The Morgan fingerprint density at radius 3 is 1.00 bits per heavy atom. The molecule has 0 aromatic carbocycles. The lowest BCUT2D eigenvalue weighted by molar-refractivity contribution is -0.167. The van der Waals surface area contributed by atoms with Crippen molar-refractivity contribution in [2.24, 2.45) is 0 Å². The summed E-state index contributed by atoms with van der Waals surface area (Å²) in [5.74, 6) is -0.970. The zero-order valence-corrected chi connectivity index (χ0v) is 39.6. The molecule has 0 aliphatic heterocycles. The number of allylic oxidation sites excluding steroid dienone is 20. The molecular formula is C56H88O6. The molecule has 0 amide bonds. The third-order valence-electron chi connectivity index (χ3n) is 9.97. The number of esters is 3. The minimum absolute atomic E-state index is 0.100. The van der Waals surface area contributed by atoms with Crippen LogP contribution in [0.1, 0.15) is 194 Å². The summed E-state index contributed by atoms with van der Waals surface area (Å²) < 4.78 is 16.7. The first-order valence-corrected chi connectivity index (χ1v) is 24.7. The molecule has 0 rings (SSSR count). The highest BCUT2D eigenvalue weighted by atomic mass is 16.6. The van der Waals surface area contributed by atoms with Gasteiger partial charge in [-0.05, 0) is 57.8 Å². The third kappa shape index (κ3) is 46.9. The highest BCUT2D eigenvalue weighted by Crippen LogP contribution is 2.14. The van der Waals surface area contributed by atoms with Crippen molar-refractivity contribution in [3.63, 3.8) is 0 Å². The quantitative estimate of drug-likeness (QED) is 0.0263. The summed E-state index contributed by atoms with van der Waals surface area (Å²) in [6.45, 7) is 6.28. The van der Waals surface area contributed by atoms with E-state index in [4.69, 9.17) is 14.2 Å². The lowest BCUT2D eigenvalue weighted by atomic mass is 10.1. The van der Waals surface area contributed by atoms with Crippen molar-refractivity contribution in [3.05, 3.63) is 122 Å². The van der Waals surface area contributed by atoms with Crippen molar-refractivity contribution in [2.45, 2.75) is 200 Å². The molecule has 348 valence electrons. The number of rotatable bonds is 42.